The first kappa shape index (κ1) is 24.9. The predicted molar refractivity (Wildman–Crippen MR) is 142 cm³/mol. The second-order valence-corrected chi connectivity index (χ2v) is 9.78. The number of methoxy groups -OCH3 is 2. The molecule has 1 atom stereocenters. The lowest BCUT2D eigenvalue weighted by atomic mass is 9.86. The molecule has 1 saturated heterocycles. The molecule has 2 aliphatic rings. The number of benzene rings is 2. The van der Waals surface area contributed by atoms with Crippen molar-refractivity contribution < 1.29 is 9.47 Å². The van der Waals surface area contributed by atoms with E-state index in [0.29, 0.717) is 6.04 Å². The molecule has 0 amide bonds. The van der Waals surface area contributed by atoms with Gasteiger partial charge in [0.2, 0.25) is 0 Å². The van der Waals surface area contributed by atoms with Gasteiger partial charge >= 0.3 is 0 Å². The van der Waals surface area contributed by atoms with E-state index in [9.17, 15) is 0 Å². The lowest BCUT2D eigenvalue weighted by Gasteiger charge is -2.37. The van der Waals surface area contributed by atoms with Crippen LogP contribution in [0.1, 0.15) is 43.7 Å². The molecule has 1 aliphatic carbocycles. The second kappa shape index (κ2) is 12.5. The molecule has 0 bridgehead atoms. The highest BCUT2D eigenvalue weighted by Gasteiger charge is 2.25. The Morgan fingerprint density at radius 2 is 1.59 bits per heavy atom. The van der Waals surface area contributed by atoms with E-state index in [-0.39, 0.29) is 0 Å². The van der Waals surface area contributed by atoms with E-state index in [2.05, 4.69) is 64.1 Å². The summed E-state index contributed by atoms with van der Waals surface area (Å²) < 4.78 is 11.1. The molecule has 0 N–H and O–H groups in total. The van der Waals surface area contributed by atoms with Gasteiger partial charge < -0.3 is 19.3 Å². The maximum absolute atomic E-state index is 5.57. The summed E-state index contributed by atoms with van der Waals surface area (Å²) in [5.41, 5.74) is 4.23. The van der Waals surface area contributed by atoms with Gasteiger partial charge in [-0.25, -0.2) is 0 Å². The average molecular weight is 466 g/mol. The topological polar surface area (TPSA) is 28.2 Å². The van der Waals surface area contributed by atoms with E-state index < -0.39 is 0 Å². The summed E-state index contributed by atoms with van der Waals surface area (Å²) in [6, 6.07) is 15.9. The fourth-order valence-electron chi connectivity index (χ4n) is 5.66. The number of para-hydroxylation sites is 1. The number of piperazine rings is 1. The molecule has 1 unspecified atom stereocenters. The number of ether oxygens (including phenoxy) is 2. The van der Waals surface area contributed by atoms with Crippen LogP contribution in [0.3, 0.4) is 0 Å². The summed E-state index contributed by atoms with van der Waals surface area (Å²) in [7, 11) is 3.46. The zero-order valence-corrected chi connectivity index (χ0v) is 21.5. The van der Waals surface area contributed by atoms with Gasteiger partial charge in [-0.15, -0.1) is 0 Å². The SMILES string of the molecule is CCCN(CCCCN1CCN(c2ccccc2)CC1)C1CCc2cc(OC)c(OC)cc2C1. The van der Waals surface area contributed by atoms with Crippen molar-refractivity contribution in [3.8, 4) is 11.5 Å². The highest BCUT2D eigenvalue weighted by molar-refractivity contribution is 5.49. The van der Waals surface area contributed by atoms with Gasteiger partial charge in [0, 0.05) is 37.9 Å². The number of hydrogen-bond donors (Lipinski definition) is 0. The largest absolute Gasteiger partial charge is 0.493 e. The number of unbranched alkanes of at least 4 members (excludes halogenated alkanes) is 1. The van der Waals surface area contributed by atoms with Crippen molar-refractivity contribution in [2.24, 2.45) is 0 Å². The van der Waals surface area contributed by atoms with Crippen molar-refractivity contribution >= 4 is 5.69 Å². The summed E-state index contributed by atoms with van der Waals surface area (Å²) in [6.45, 7) is 10.6. The fraction of sp³-hybridized carbons (Fsp3) is 0.586. The van der Waals surface area contributed by atoms with Gasteiger partial charge in [0.15, 0.2) is 11.5 Å². The monoisotopic (exact) mass is 465 g/mol. The highest BCUT2D eigenvalue weighted by Crippen LogP contribution is 2.35. The van der Waals surface area contributed by atoms with Gasteiger partial charge in [-0.1, -0.05) is 25.1 Å². The molecule has 0 saturated carbocycles. The van der Waals surface area contributed by atoms with Crippen LogP contribution < -0.4 is 14.4 Å². The van der Waals surface area contributed by atoms with Crippen LogP contribution in [-0.2, 0) is 12.8 Å². The Morgan fingerprint density at radius 1 is 0.882 bits per heavy atom. The van der Waals surface area contributed by atoms with Gasteiger partial charge in [0.05, 0.1) is 14.2 Å². The Kier molecular flexibility index (Phi) is 9.11. The molecule has 186 valence electrons. The predicted octanol–water partition coefficient (Wildman–Crippen LogP) is 4.88. The molecular weight excluding hydrogens is 422 g/mol. The molecule has 5 heteroatoms. The lowest BCUT2D eigenvalue weighted by molar-refractivity contribution is 0.171. The average Bonchev–Trinajstić information content (AvgIpc) is 2.90. The van der Waals surface area contributed by atoms with Crippen molar-refractivity contribution in [3.63, 3.8) is 0 Å². The third-order valence-electron chi connectivity index (χ3n) is 7.60. The second-order valence-electron chi connectivity index (χ2n) is 9.78. The van der Waals surface area contributed by atoms with Crippen LogP contribution in [0.5, 0.6) is 11.5 Å². The van der Waals surface area contributed by atoms with Crippen molar-refractivity contribution in [1.82, 2.24) is 9.80 Å². The summed E-state index contributed by atoms with van der Waals surface area (Å²) in [4.78, 5) is 7.93. The molecule has 1 fully saturated rings. The Balaban J connectivity index is 1.23. The first-order chi connectivity index (χ1) is 16.7. The normalized spacial score (nSPS) is 18.7. The molecule has 4 rings (SSSR count). The first-order valence-corrected chi connectivity index (χ1v) is 13.2. The minimum Gasteiger partial charge on any atom is -0.493 e. The van der Waals surface area contributed by atoms with Crippen LogP contribution in [0.4, 0.5) is 5.69 Å². The molecule has 1 aliphatic heterocycles. The molecular formula is C29H43N3O2. The number of nitrogens with zero attached hydrogens (tertiary/aromatic N) is 3. The van der Waals surface area contributed by atoms with Crippen LogP contribution >= 0.6 is 0 Å². The van der Waals surface area contributed by atoms with Gasteiger partial charge in [-0.05, 0) is 93.6 Å². The van der Waals surface area contributed by atoms with Crippen LogP contribution in [0.25, 0.3) is 0 Å². The number of aryl methyl sites for hydroxylation is 1. The fourth-order valence-corrected chi connectivity index (χ4v) is 5.66. The van der Waals surface area contributed by atoms with Crippen LogP contribution in [0.15, 0.2) is 42.5 Å². The number of fused-ring (bicyclic) bond motifs is 1. The van der Waals surface area contributed by atoms with Gasteiger partial charge in [0.25, 0.3) is 0 Å². The quantitative estimate of drug-likeness (QED) is 0.441. The number of hydrogen-bond acceptors (Lipinski definition) is 5. The van der Waals surface area contributed by atoms with Crippen LogP contribution in [-0.4, -0.2) is 75.9 Å². The third kappa shape index (κ3) is 6.25. The molecule has 1 heterocycles. The molecule has 2 aromatic rings. The molecule has 2 aromatic carbocycles. The molecule has 5 nitrogen and oxygen atoms in total. The zero-order chi connectivity index (χ0) is 23.8. The summed E-state index contributed by atoms with van der Waals surface area (Å²) >= 11 is 0. The maximum atomic E-state index is 5.57. The Hall–Kier alpha value is -2.24. The van der Waals surface area contributed by atoms with E-state index in [1.807, 2.05) is 0 Å². The van der Waals surface area contributed by atoms with E-state index in [1.165, 1.54) is 75.2 Å². The van der Waals surface area contributed by atoms with Crippen molar-refractivity contribution in [1.29, 1.82) is 0 Å². The first-order valence-electron chi connectivity index (χ1n) is 13.2. The minimum absolute atomic E-state index is 0.639. The van der Waals surface area contributed by atoms with E-state index in [1.54, 1.807) is 14.2 Å². The Morgan fingerprint density at radius 3 is 2.26 bits per heavy atom. The molecule has 0 spiro atoms. The summed E-state index contributed by atoms with van der Waals surface area (Å²) in [6.07, 6.45) is 7.29. The van der Waals surface area contributed by atoms with Crippen LogP contribution in [0, 0.1) is 0 Å². The van der Waals surface area contributed by atoms with Crippen molar-refractivity contribution in [3.05, 3.63) is 53.6 Å². The smallest absolute Gasteiger partial charge is 0.161 e. The van der Waals surface area contributed by atoms with Gasteiger partial charge in [0.1, 0.15) is 0 Å². The van der Waals surface area contributed by atoms with Crippen molar-refractivity contribution in [2.45, 2.75) is 51.5 Å². The Labute approximate surface area is 206 Å². The van der Waals surface area contributed by atoms with Gasteiger partial charge in [-0.3, -0.25) is 4.90 Å². The highest BCUT2D eigenvalue weighted by atomic mass is 16.5. The maximum Gasteiger partial charge on any atom is 0.161 e. The Bertz CT molecular complexity index is 880. The van der Waals surface area contributed by atoms with Gasteiger partial charge in [-0.2, -0.15) is 0 Å². The standard InChI is InChI=1S/C29H43N3O2/c1-4-14-31(27-13-12-24-22-28(33-2)29(34-3)23-25(24)21-27)16-9-8-15-30-17-19-32(20-18-30)26-10-6-5-7-11-26/h5-7,10-11,22-23,27H,4,8-9,12-21H2,1-3H3. The number of anilines is 1. The summed E-state index contributed by atoms with van der Waals surface area (Å²) in [5.74, 6) is 1.71. The zero-order valence-electron chi connectivity index (χ0n) is 21.5. The molecule has 0 radical (unpaired) electrons. The number of rotatable bonds is 11. The van der Waals surface area contributed by atoms with Crippen LogP contribution in [0.2, 0.25) is 0 Å². The molecule has 0 aromatic heterocycles. The van der Waals surface area contributed by atoms with E-state index in [4.69, 9.17) is 9.47 Å². The summed E-state index contributed by atoms with van der Waals surface area (Å²) in [5, 5.41) is 0. The van der Waals surface area contributed by atoms with Crippen molar-refractivity contribution in [2.75, 3.05) is 64.9 Å². The van der Waals surface area contributed by atoms with E-state index >= 15 is 0 Å². The van der Waals surface area contributed by atoms with E-state index in [0.717, 1.165) is 37.4 Å². The minimum atomic E-state index is 0.639. The molecule has 34 heavy (non-hydrogen) atoms. The third-order valence-corrected chi connectivity index (χ3v) is 7.60. The lowest BCUT2D eigenvalue weighted by Crippen LogP contribution is -2.46.